The van der Waals surface area contributed by atoms with Crippen LogP contribution in [0.5, 0.6) is 0 Å². The molecule has 2 aliphatic rings. The third kappa shape index (κ3) is 3.86. The summed E-state index contributed by atoms with van der Waals surface area (Å²) in [5, 5.41) is 14.3. The van der Waals surface area contributed by atoms with Crippen molar-refractivity contribution in [2.45, 2.75) is 31.0 Å². The lowest BCUT2D eigenvalue weighted by Crippen LogP contribution is -2.62. The Labute approximate surface area is 167 Å². The first kappa shape index (κ1) is 19.1. The van der Waals surface area contributed by atoms with Crippen LogP contribution in [0.25, 0.3) is 10.8 Å². The lowest BCUT2D eigenvalue weighted by molar-refractivity contribution is -0.164. The van der Waals surface area contributed by atoms with Crippen molar-refractivity contribution < 1.29 is 24.2 Å². The molecule has 7 nitrogen and oxygen atoms in total. The molecule has 0 aliphatic carbocycles. The second-order valence-corrected chi connectivity index (χ2v) is 7.32. The molecule has 0 saturated carbocycles. The van der Waals surface area contributed by atoms with E-state index < -0.39 is 18.1 Å². The molecule has 2 heterocycles. The lowest BCUT2D eigenvalue weighted by atomic mass is 9.99. The highest BCUT2D eigenvalue weighted by molar-refractivity contribution is 6.01. The third-order valence-electron chi connectivity index (χ3n) is 5.42. The molecule has 150 valence electrons. The van der Waals surface area contributed by atoms with Gasteiger partial charge in [0.05, 0.1) is 19.3 Å². The quantitative estimate of drug-likeness (QED) is 0.776. The number of rotatable bonds is 3. The van der Waals surface area contributed by atoms with Gasteiger partial charge in [0.15, 0.2) is 6.04 Å². The number of aliphatic carboxylic acids is 1. The van der Waals surface area contributed by atoms with Crippen molar-refractivity contribution in [3.05, 3.63) is 60.2 Å². The number of ether oxygens (including phenoxy) is 1. The molecule has 2 aromatic carbocycles. The van der Waals surface area contributed by atoms with Gasteiger partial charge in [0.25, 0.3) is 5.91 Å². The molecular formula is C22H22N2O5. The first-order valence-electron chi connectivity index (χ1n) is 9.62. The molecule has 29 heavy (non-hydrogen) atoms. The summed E-state index contributed by atoms with van der Waals surface area (Å²) >= 11 is 0. The molecule has 1 saturated heterocycles. The molecule has 0 unspecified atom stereocenters. The fourth-order valence-electron chi connectivity index (χ4n) is 3.90. The summed E-state index contributed by atoms with van der Waals surface area (Å²) in [6.07, 6.45) is 4.60. The molecule has 3 atom stereocenters. The van der Waals surface area contributed by atoms with Gasteiger partial charge in [0.1, 0.15) is 6.04 Å². The Morgan fingerprint density at radius 1 is 1.03 bits per heavy atom. The van der Waals surface area contributed by atoms with Crippen LogP contribution < -0.4 is 5.32 Å². The van der Waals surface area contributed by atoms with E-state index in [9.17, 15) is 19.5 Å². The van der Waals surface area contributed by atoms with Gasteiger partial charge in [0.2, 0.25) is 5.91 Å². The minimum absolute atomic E-state index is 0.0490. The maximum absolute atomic E-state index is 13.2. The molecule has 2 N–H and O–H groups in total. The van der Waals surface area contributed by atoms with E-state index in [-0.39, 0.29) is 31.1 Å². The monoisotopic (exact) mass is 394 g/mol. The van der Waals surface area contributed by atoms with Crippen molar-refractivity contribution in [2.75, 3.05) is 13.2 Å². The summed E-state index contributed by atoms with van der Waals surface area (Å²) in [5.41, 5.74) is 0.454. The highest BCUT2D eigenvalue weighted by atomic mass is 16.5. The van der Waals surface area contributed by atoms with Crippen LogP contribution in [0.2, 0.25) is 0 Å². The SMILES string of the molecule is O=C(N[C@H]1C/C=C\C[C@H]2COC[C@@H](C(=O)O)N2C1=O)c1ccc2ccccc2c1. The minimum Gasteiger partial charge on any atom is -0.480 e. The summed E-state index contributed by atoms with van der Waals surface area (Å²) in [6, 6.07) is 10.9. The maximum Gasteiger partial charge on any atom is 0.328 e. The summed E-state index contributed by atoms with van der Waals surface area (Å²) in [7, 11) is 0. The molecule has 0 bridgehead atoms. The Bertz CT molecular complexity index is 986. The first-order chi connectivity index (χ1) is 14.0. The van der Waals surface area contributed by atoms with Crippen LogP contribution in [0.15, 0.2) is 54.6 Å². The van der Waals surface area contributed by atoms with Crippen LogP contribution in [-0.2, 0) is 14.3 Å². The zero-order valence-corrected chi connectivity index (χ0v) is 15.8. The number of hydrogen-bond acceptors (Lipinski definition) is 4. The van der Waals surface area contributed by atoms with Gasteiger partial charge >= 0.3 is 5.97 Å². The third-order valence-corrected chi connectivity index (χ3v) is 5.42. The molecule has 2 amide bonds. The number of benzene rings is 2. The van der Waals surface area contributed by atoms with E-state index in [0.29, 0.717) is 18.4 Å². The second-order valence-electron chi connectivity index (χ2n) is 7.32. The standard InChI is InChI=1S/C22H22N2O5/c25-20(16-10-9-14-5-1-2-6-15(14)11-16)23-18-8-4-3-7-17-12-29-13-19(22(27)28)24(17)21(18)26/h1-6,9-11,17-19H,7-8,12-13H2,(H,23,25)(H,27,28)/b4-3-/t17-,18-,19-/m0/s1. The van der Waals surface area contributed by atoms with Gasteiger partial charge in [-0.3, -0.25) is 9.59 Å². The van der Waals surface area contributed by atoms with Crippen LogP contribution in [0.4, 0.5) is 0 Å². The number of fused-ring (bicyclic) bond motifs is 2. The second kappa shape index (κ2) is 8.05. The van der Waals surface area contributed by atoms with Gasteiger partial charge in [0, 0.05) is 5.56 Å². The normalized spacial score (nSPS) is 25.6. The zero-order chi connectivity index (χ0) is 20.4. The predicted molar refractivity (Wildman–Crippen MR) is 106 cm³/mol. The van der Waals surface area contributed by atoms with Crippen LogP contribution in [0.3, 0.4) is 0 Å². The highest BCUT2D eigenvalue weighted by Gasteiger charge is 2.41. The molecule has 4 rings (SSSR count). The van der Waals surface area contributed by atoms with Crippen molar-refractivity contribution in [3.63, 3.8) is 0 Å². The number of carbonyl (C=O) groups excluding carboxylic acids is 2. The van der Waals surface area contributed by atoms with Gasteiger partial charge in [-0.2, -0.15) is 0 Å². The average molecular weight is 394 g/mol. The largest absolute Gasteiger partial charge is 0.480 e. The number of carbonyl (C=O) groups is 3. The number of carboxylic acid groups (broad SMARTS) is 1. The van der Waals surface area contributed by atoms with Gasteiger partial charge in [-0.05, 0) is 35.7 Å². The summed E-state index contributed by atoms with van der Waals surface area (Å²) in [4.78, 5) is 39.0. The maximum atomic E-state index is 13.2. The Morgan fingerprint density at radius 3 is 2.59 bits per heavy atom. The van der Waals surface area contributed by atoms with Crippen molar-refractivity contribution >= 4 is 28.6 Å². The number of nitrogens with one attached hydrogen (secondary N) is 1. The van der Waals surface area contributed by atoms with Crippen LogP contribution >= 0.6 is 0 Å². The highest BCUT2D eigenvalue weighted by Crippen LogP contribution is 2.22. The van der Waals surface area contributed by atoms with Crippen LogP contribution in [0, 0.1) is 0 Å². The van der Waals surface area contributed by atoms with E-state index in [4.69, 9.17) is 4.74 Å². The zero-order valence-electron chi connectivity index (χ0n) is 15.8. The predicted octanol–water partition coefficient (Wildman–Crippen LogP) is 1.97. The van der Waals surface area contributed by atoms with E-state index in [1.54, 1.807) is 12.1 Å². The van der Waals surface area contributed by atoms with Crippen LogP contribution in [0.1, 0.15) is 23.2 Å². The fraction of sp³-hybridized carbons (Fsp3) is 0.318. The van der Waals surface area contributed by atoms with E-state index in [1.807, 2.05) is 42.5 Å². The molecule has 2 aliphatic heterocycles. The van der Waals surface area contributed by atoms with Crippen molar-refractivity contribution in [1.82, 2.24) is 10.2 Å². The molecule has 0 radical (unpaired) electrons. The van der Waals surface area contributed by atoms with Crippen LogP contribution in [-0.4, -0.2) is 59.1 Å². The number of nitrogens with zero attached hydrogens (tertiary/aromatic N) is 1. The molecular weight excluding hydrogens is 372 g/mol. The summed E-state index contributed by atoms with van der Waals surface area (Å²) in [6.45, 7) is 0.234. The Morgan fingerprint density at radius 2 is 1.79 bits per heavy atom. The van der Waals surface area contributed by atoms with Gasteiger partial charge in [-0.15, -0.1) is 0 Å². The molecule has 0 spiro atoms. The summed E-state index contributed by atoms with van der Waals surface area (Å²) < 4.78 is 5.39. The van der Waals surface area contributed by atoms with E-state index in [1.165, 1.54) is 4.90 Å². The molecule has 7 heteroatoms. The molecule has 2 aromatic rings. The Hall–Kier alpha value is -3.19. The van der Waals surface area contributed by atoms with Crippen molar-refractivity contribution in [1.29, 1.82) is 0 Å². The average Bonchev–Trinajstić information content (AvgIpc) is 2.73. The number of hydrogen-bond donors (Lipinski definition) is 2. The first-order valence-corrected chi connectivity index (χ1v) is 9.62. The number of amides is 2. The number of carboxylic acids is 1. The molecule has 0 aromatic heterocycles. The number of morpholine rings is 1. The van der Waals surface area contributed by atoms with Crippen molar-refractivity contribution in [3.8, 4) is 0 Å². The Kier molecular flexibility index (Phi) is 5.31. The Balaban J connectivity index is 1.58. The minimum atomic E-state index is -1.10. The van der Waals surface area contributed by atoms with Gasteiger partial charge in [-0.1, -0.05) is 42.5 Å². The smallest absolute Gasteiger partial charge is 0.328 e. The van der Waals surface area contributed by atoms with Crippen molar-refractivity contribution in [2.24, 2.45) is 0 Å². The topological polar surface area (TPSA) is 95.9 Å². The van der Waals surface area contributed by atoms with E-state index in [2.05, 4.69) is 5.32 Å². The van der Waals surface area contributed by atoms with E-state index >= 15 is 0 Å². The molecule has 1 fully saturated rings. The fourth-order valence-corrected chi connectivity index (χ4v) is 3.90. The summed E-state index contributed by atoms with van der Waals surface area (Å²) in [5.74, 6) is -1.85. The van der Waals surface area contributed by atoms with Gasteiger partial charge in [-0.25, -0.2) is 4.79 Å². The van der Waals surface area contributed by atoms with E-state index in [0.717, 1.165) is 10.8 Å². The van der Waals surface area contributed by atoms with Gasteiger partial charge < -0.3 is 20.1 Å². The lowest BCUT2D eigenvalue weighted by Gasteiger charge is -2.42.